The highest BCUT2D eigenvalue weighted by molar-refractivity contribution is 7.00. The topological polar surface area (TPSA) is 35.6 Å². The van der Waals surface area contributed by atoms with Crippen LogP contribution in [0.5, 0.6) is 0 Å². The first-order chi connectivity index (χ1) is 41.4. The van der Waals surface area contributed by atoms with Crippen LogP contribution < -0.4 is 16.4 Å². The molecule has 0 unspecified atom stereocenters. The van der Waals surface area contributed by atoms with E-state index < -0.39 is 0 Å². The van der Waals surface area contributed by atoms with Crippen molar-refractivity contribution in [2.75, 3.05) is 0 Å². The first kappa shape index (κ1) is 64.4. The second kappa shape index (κ2) is 19.9. The van der Waals surface area contributed by atoms with Gasteiger partial charge in [-0.15, -0.1) is 0 Å². The minimum atomic E-state index is -0.157. The molecule has 0 amide bonds. The van der Waals surface area contributed by atoms with Gasteiger partial charge in [0.1, 0.15) is 0 Å². The Morgan fingerprint density at radius 2 is 0.560 bits per heavy atom. The summed E-state index contributed by atoms with van der Waals surface area (Å²) in [6.07, 6.45) is 0. The highest BCUT2D eigenvalue weighted by atomic mass is 15.0. The van der Waals surface area contributed by atoms with E-state index in [9.17, 15) is 0 Å². The summed E-state index contributed by atoms with van der Waals surface area (Å²) >= 11 is 0. The highest BCUT2D eigenvalue weighted by Crippen LogP contribution is 2.49. The van der Waals surface area contributed by atoms with Crippen molar-refractivity contribution in [2.45, 2.75) is 262 Å². The molecule has 0 radical (unpaired) electrons. The van der Waals surface area contributed by atoms with Gasteiger partial charge in [-0.05, 0) is 193 Å². The Balaban J connectivity index is 1.35. The van der Waals surface area contributed by atoms with Crippen molar-refractivity contribution in [3.05, 3.63) is 159 Å². The summed E-state index contributed by atoms with van der Waals surface area (Å²) in [5, 5.41) is 5.40. The maximum absolute atomic E-state index is 5.97. The van der Waals surface area contributed by atoms with Crippen molar-refractivity contribution in [3.8, 4) is 45.3 Å². The third-order valence-electron chi connectivity index (χ3n) is 20.5. The van der Waals surface area contributed by atoms with Crippen LogP contribution in [0.1, 0.15) is 263 Å². The molecule has 0 saturated heterocycles. The fraction of sp³-hybridized carbons (Fsp3) is 0.465. The molecule has 5 heterocycles. The van der Waals surface area contributed by atoms with E-state index in [0.29, 0.717) is 0 Å². The Morgan fingerprint density at radius 3 is 0.868 bits per heavy atom. The fourth-order valence-electron chi connectivity index (χ4n) is 14.5. The van der Waals surface area contributed by atoms with Crippen molar-refractivity contribution in [1.29, 1.82) is 0 Å². The van der Waals surface area contributed by atoms with Gasteiger partial charge in [0.2, 0.25) is 0 Å². The van der Waals surface area contributed by atoms with Gasteiger partial charge >= 0.3 is 0 Å². The number of benzene rings is 7. The summed E-state index contributed by atoms with van der Waals surface area (Å²) in [6.45, 7) is 71.2. The smallest absolute Gasteiger partial charge is 0.252 e. The molecule has 0 fully saturated rings. The third-order valence-corrected chi connectivity index (χ3v) is 20.5. The summed E-state index contributed by atoms with van der Waals surface area (Å²) in [7, 11) is 0. The maximum Gasteiger partial charge on any atom is 0.252 e. The Kier molecular flexibility index (Phi) is 14.1. The first-order valence-corrected chi connectivity index (χ1v) is 34.2. The van der Waals surface area contributed by atoms with E-state index in [1.807, 2.05) is 0 Å². The van der Waals surface area contributed by atoms with E-state index >= 15 is 0 Å². The molecule has 0 saturated carbocycles. The number of hydrogen-bond donors (Lipinski definition) is 0. The predicted octanol–water partition coefficient (Wildman–Crippen LogP) is 21.8. The molecule has 2 aliphatic rings. The van der Waals surface area contributed by atoms with E-state index in [-0.39, 0.29) is 60.9 Å². The van der Waals surface area contributed by atoms with Gasteiger partial charge in [0.05, 0.1) is 22.4 Å². The zero-order valence-electron chi connectivity index (χ0n) is 61.7. The minimum absolute atomic E-state index is 0.0777. The lowest BCUT2D eigenvalue weighted by atomic mass is 9.34. The van der Waals surface area contributed by atoms with Crippen LogP contribution in [0.2, 0.25) is 0 Å². The highest BCUT2D eigenvalue weighted by Gasteiger charge is 2.45. The van der Waals surface area contributed by atoms with Crippen molar-refractivity contribution in [2.24, 2.45) is 0 Å². The van der Waals surface area contributed by atoms with Crippen LogP contribution in [0.4, 0.5) is 0 Å². The van der Waals surface area contributed by atoms with E-state index in [1.165, 1.54) is 127 Å². The molecule has 3 aromatic heterocycles. The largest absolute Gasteiger partial charge is 0.310 e. The summed E-state index contributed by atoms with van der Waals surface area (Å²) in [6, 6.07) is 42.6. The van der Waals surface area contributed by atoms with E-state index in [0.717, 1.165) is 33.9 Å². The molecule has 10 aromatic rings. The Hall–Kier alpha value is -6.72. The molecule has 0 atom stereocenters. The van der Waals surface area contributed by atoms with Gasteiger partial charge in [-0.2, -0.15) is 0 Å². The van der Waals surface area contributed by atoms with Gasteiger partial charge in [-0.3, -0.25) is 0 Å². The van der Waals surface area contributed by atoms with E-state index in [2.05, 4.69) is 320 Å². The van der Waals surface area contributed by atoms with Gasteiger partial charge in [0.25, 0.3) is 6.71 Å². The SMILES string of the molecule is CC(C)(C)c1cc(-c2cc(-c3cc4c5c(c3)-n3c6cc(C(C)(C)C)cc(C(C)(C)C)c6c6cc(C(C)(C)C)cc(c63)B5c3cc(C(C)(C)C)cc5c6c(C(C)(C)C)cc(C(C)(C)C)cc6n-4c35)nc(-c3cc(C(C)(C)C)cc(C(C)(C)C)c3)n2)cc(C(C)(C)C)c1. The Labute approximate surface area is 548 Å². The lowest BCUT2D eigenvalue weighted by molar-refractivity contribution is 0.568. The van der Waals surface area contributed by atoms with Crippen molar-refractivity contribution >= 4 is 66.7 Å². The van der Waals surface area contributed by atoms with Gasteiger partial charge < -0.3 is 9.13 Å². The molecule has 7 aromatic carbocycles. The second-order valence-corrected chi connectivity index (χ2v) is 38.4. The zero-order valence-corrected chi connectivity index (χ0v) is 61.7. The average Bonchev–Trinajstić information content (AvgIpc) is 1.55. The van der Waals surface area contributed by atoms with Crippen molar-refractivity contribution < 1.29 is 0 Å². The third kappa shape index (κ3) is 10.8. The lowest BCUT2D eigenvalue weighted by Crippen LogP contribution is -2.59. The number of rotatable bonds is 3. The zero-order chi connectivity index (χ0) is 66.9. The summed E-state index contributed by atoms with van der Waals surface area (Å²) in [5.41, 5.74) is 29.0. The molecule has 0 spiro atoms. The van der Waals surface area contributed by atoms with Crippen molar-refractivity contribution in [1.82, 2.24) is 19.1 Å². The predicted molar refractivity (Wildman–Crippen MR) is 399 cm³/mol. The fourth-order valence-corrected chi connectivity index (χ4v) is 14.5. The number of fused-ring (bicyclic) bond motifs is 10. The number of nitrogens with zero attached hydrogens (tertiary/aromatic N) is 4. The van der Waals surface area contributed by atoms with Crippen molar-refractivity contribution in [3.63, 3.8) is 0 Å². The molecule has 0 aliphatic carbocycles. The van der Waals surface area contributed by atoms with Gasteiger partial charge in [0, 0.05) is 60.6 Å². The van der Waals surface area contributed by atoms with Crippen LogP contribution >= 0.6 is 0 Å². The molecule has 5 heteroatoms. The van der Waals surface area contributed by atoms with E-state index in [1.54, 1.807) is 0 Å². The average molecular weight is 1210 g/mol. The van der Waals surface area contributed by atoms with Crippen LogP contribution in [0.15, 0.2) is 103 Å². The quantitative estimate of drug-likeness (QED) is 0.165. The number of aromatic nitrogens is 4. The molecule has 0 N–H and O–H groups in total. The second-order valence-electron chi connectivity index (χ2n) is 38.4. The molecule has 4 nitrogen and oxygen atoms in total. The standard InChI is InChI=1S/C86H107BN4/c1-77(2,3)51-31-48(32-52(37-51)78(4,5)6)65-47-66(89-76(88-65)50-33-53(79(7,8)9)38-54(34-50)80(10,11)12)49-35-69-73-70(36-49)91-68-46-58(84(22,23)24)42-62(86(28,29)30)72(68)60-40-56(82(16,17)18)44-64(75(60)91)87(73)63-43-55(81(13,14)15)39-59-71-61(85(25,26)27)41-57(83(19,20)21)45-67(71)90(69)74(59)63/h31-47H,1-30H3. The number of hydrogen-bond acceptors (Lipinski definition) is 2. The summed E-state index contributed by atoms with van der Waals surface area (Å²) in [4.78, 5) is 11.8. The first-order valence-electron chi connectivity index (χ1n) is 34.2. The Morgan fingerprint density at radius 1 is 0.275 bits per heavy atom. The molecule has 474 valence electrons. The van der Waals surface area contributed by atoms with Crippen LogP contribution in [-0.4, -0.2) is 25.8 Å². The lowest BCUT2D eigenvalue weighted by Gasteiger charge is -2.36. The monoisotopic (exact) mass is 1210 g/mol. The van der Waals surface area contributed by atoms with Gasteiger partial charge in [-0.25, -0.2) is 9.97 Å². The minimum Gasteiger partial charge on any atom is -0.310 e. The molecule has 91 heavy (non-hydrogen) atoms. The molecular formula is C86H107BN4. The van der Waals surface area contributed by atoms with E-state index in [4.69, 9.17) is 9.97 Å². The Bertz CT molecular complexity index is 4350. The molecular weight excluding hydrogens is 1100 g/mol. The van der Waals surface area contributed by atoms with Crippen LogP contribution in [-0.2, 0) is 54.1 Å². The van der Waals surface area contributed by atoms with Crippen LogP contribution in [0, 0.1) is 0 Å². The van der Waals surface area contributed by atoms with Crippen LogP contribution in [0.25, 0.3) is 88.9 Å². The summed E-state index contributed by atoms with van der Waals surface area (Å²) in [5.74, 6) is 0.740. The van der Waals surface area contributed by atoms with Gasteiger partial charge in [0.15, 0.2) is 5.82 Å². The maximum atomic E-state index is 5.97. The molecule has 12 rings (SSSR count). The molecule has 0 bridgehead atoms. The molecule has 2 aliphatic heterocycles. The van der Waals surface area contributed by atoms with Gasteiger partial charge in [-0.1, -0.05) is 244 Å². The van der Waals surface area contributed by atoms with Crippen LogP contribution in [0.3, 0.4) is 0 Å². The summed E-state index contributed by atoms with van der Waals surface area (Å²) < 4.78 is 5.48. The normalized spacial score (nSPS) is 14.5.